The molecule has 0 spiro atoms. The Balaban J connectivity index is 1.71. The first kappa shape index (κ1) is 12.1. The molecule has 1 aliphatic rings. The SMILES string of the molecule is CCC1CCCCC1NCCc1nccs1. The Bertz CT molecular complexity index is 284. The van der Waals surface area contributed by atoms with Gasteiger partial charge in [0.25, 0.3) is 0 Å². The number of hydrogen-bond donors (Lipinski definition) is 1. The van der Waals surface area contributed by atoms with Gasteiger partial charge in [-0.05, 0) is 18.8 Å². The Hall–Kier alpha value is -0.410. The van der Waals surface area contributed by atoms with Crippen LogP contribution in [0.1, 0.15) is 44.0 Å². The first-order valence-corrected chi connectivity index (χ1v) is 7.40. The highest BCUT2D eigenvalue weighted by atomic mass is 32.1. The number of rotatable bonds is 5. The van der Waals surface area contributed by atoms with E-state index in [1.54, 1.807) is 11.3 Å². The van der Waals surface area contributed by atoms with Crippen molar-refractivity contribution in [3.63, 3.8) is 0 Å². The Morgan fingerprint density at radius 1 is 1.44 bits per heavy atom. The summed E-state index contributed by atoms with van der Waals surface area (Å²) in [5, 5.41) is 7.05. The van der Waals surface area contributed by atoms with E-state index in [4.69, 9.17) is 0 Å². The highest BCUT2D eigenvalue weighted by Crippen LogP contribution is 2.26. The average Bonchev–Trinajstić information content (AvgIpc) is 2.83. The van der Waals surface area contributed by atoms with Crippen molar-refractivity contribution in [1.29, 1.82) is 0 Å². The van der Waals surface area contributed by atoms with E-state index in [1.807, 2.05) is 6.20 Å². The number of nitrogens with zero attached hydrogens (tertiary/aromatic N) is 1. The minimum absolute atomic E-state index is 0.763. The van der Waals surface area contributed by atoms with Crippen molar-refractivity contribution < 1.29 is 0 Å². The molecule has 2 nitrogen and oxygen atoms in total. The number of aromatic nitrogens is 1. The highest BCUT2D eigenvalue weighted by Gasteiger charge is 2.22. The van der Waals surface area contributed by atoms with Gasteiger partial charge in [-0.25, -0.2) is 4.98 Å². The molecule has 1 aromatic rings. The van der Waals surface area contributed by atoms with Gasteiger partial charge in [0.1, 0.15) is 0 Å². The van der Waals surface area contributed by atoms with Gasteiger partial charge >= 0.3 is 0 Å². The molecule has 1 aromatic heterocycles. The van der Waals surface area contributed by atoms with Gasteiger partial charge in [0.05, 0.1) is 5.01 Å². The zero-order valence-electron chi connectivity index (χ0n) is 10.1. The van der Waals surface area contributed by atoms with Crippen LogP contribution in [-0.2, 0) is 6.42 Å². The lowest BCUT2D eigenvalue weighted by Gasteiger charge is -2.31. The molecule has 0 amide bonds. The van der Waals surface area contributed by atoms with E-state index in [0.717, 1.165) is 24.9 Å². The van der Waals surface area contributed by atoms with Gasteiger partial charge < -0.3 is 5.32 Å². The van der Waals surface area contributed by atoms with Crippen LogP contribution in [-0.4, -0.2) is 17.6 Å². The van der Waals surface area contributed by atoms with Gasteiger partial charge in [-0.3, -0.25) is 0 Å². The highest BCUT2D eigenvalue weighted by molar-refractivity contribution is 7.09. The third-order valence-corrected chi connectivity index (χ3v) is 4.50. The molecule has 0 bridgehead atoms. The summed E-state index contributed by atoms with van der Waals surface area (Å²) in [7, 11) is 0. The Morgan fingerprint density at radius 3 is 3.06 bits per heavy atom. The Labute approximate surface area is 102 Å². The number of hydrogen-bond acceptors (Lipinski definition) is 3. The predicted molar refractivity (Wildman–Crippen MR) is 69.9 cm³/mol. The molecule has 2 atom stereocenters. The summed E-state index contributed by atoms with van der Waals surface area (Å²) in [6.45, 7) is 3.42. The second-order valence-electron chi connectivity index (χ2n) is 4.69. The van der Waals surface area contributed by atoms with E-state index >= 15 is 0 Å². The van der Waals surface area contributed by atoms with Crippen molar-refractivity contribution in [2.45, 2.75) is 51.5 Å². The molecular weight excluding hydrogens is 216 g/mol. The summed E-state index contributed by atoms with van der Waals surface area (Å²) < 4.78 is 0. The molecule has 2 rings (SSSR count). The van der Waals surface area contributed by atoms with Crippen LogP contribution in [0, 0.1) is 5.92 Å². The molecule has 1 fully saturated rings. The summed E-state index contributed by atoms with van der Waals surface area (Å²) in [6, 6.07) is 0.763. The molecule has 0 aliphatic heterocycles. The van der Waals surface area contributed by atoms with E-state index in [2.05, 4.69) is 22.6 Å². The summed E-state index contributed by atoms with van der Waals surface area (Å²) in [5.41, 5.74) is 0. The van der Waals surface area contributed by atoms with E-state index in [1.165, 1.54) is 37.1 Å². The summed E-state index contributed by atoms with van der Waals surface area (Å²) in [5.74, 6) is 0.907. The lowest BCUT2D eigenvalue weighted by molar-refractivity contribution is 0.257. The van der Waals surface area contributed by atoms with Gasteiger partial charge in [0.15, 0.2) is 0 Å². The fraction of sp³-hybridized carbons (Fsp3) is 0.769. The molecule has 2 unspecified atom stereocenters. The van der Waals surface area contributed by atoms with Crippen molar-refractivity contribution in [1.82, 2.24) is 10.3 Å². The standard InChI is InChI=1S/C13H22N2S/c1-2-11-5-3-4-6-12(11)14-8-7-13-15-9-10-16-13/h9-12,14H,2-8H2,1H3. The molecule has 1 saturated carbocycles. The van der Waals surface area contributed by atoms with Crippen LogP contribution in [0.5, 0.6) is 0 Å². The second kappa shape index (κ2) is 6.36. The monoisotopic (exact) mass is 238 g/mol. The van der Waals surface area contributed by atoms with Crippen LogP contribution in [0.2, 0.25) is 0 Å². The average molecular weight is 238 g/mol. The molecule has 1 aliphatic carbocycles. The molecule has 90 valence electrons. The number of thiazole rings is 1. The second-order valence-corrected chi connectivity index (χ2v) is 5.67. The Morgan fingerprint density at radius 2 is 2.31 bits per heavy atom. The Kier molecular flexibility index (Phi) is 4.79. The van der Waals surface area contributed by atoms with Crippen LogP contribution < -0.4 is 5.32 Å². The lowest BCUT2D eigenvalue weighted by atomic mass is 9.83. The fourth-order valence-corrected chi connectivity index (χ4v) is 3.33. The molecule has 1 N–H and O–H groups in total. The van der Waals surface area contributed by atoms with Crippen LogP contribution in [0.15, 0.2) is 11.6 Å². The third-order valence-electron chi connectivity index (χ3n) is 3.66. The fourth-order valence-electron chi connectivity index (χ4n) is 2.71. The maximum Gasteiger partial charge on any atom is 0.0937 e. The van der Waals surface area contributed by atoms with Crippen LogP contribution >= 0.6 is 11.3 Å². The normalized spacial score (nSPS) is 25.8. The van der Waals surface area contributed by atoms with Crippen LogP contribution in [0.3, 0.4) is 0 Å². The van der Waals surface area contributed by atoms with Gasteiger partial charge in [-0.15, -0.1) is 11.3 Å². The van der Waals surface area contributed by atoms with Crippen LogP contribution in [0.25, 0.3) is 0 Å². The minimum Gasteiger partial charge on any atom is -0.313 e. The van der Waals surface area contributed by atoms with E-state index in [0.29, 0.717) is 0 Å². The molecule has 16 heavy (non-hydrogen) atoms. The van der Waals surface area contributed by atoms with Gasteiger partial charge in [0.2, 0.25) is 0 Å². The van der Waals surface area contributed by atoms with Crippen molar-refractivity contribution in [3.05, 3.63) is 16.6 Å². The minimum atomic E-state index is 0.763. The molecule has 0 radical (unpaired) electrons. The zero-order valence-corrected chi connectivity index (χ0v) is 10.9. The summed E-state index contributed by atoms with van der Waals surface area (Å²) in [4.78, 5) is 4.32. The predicted octanol–water partition coefficient (Wildman–Crippen LogP) is 3.24. The van der Waals surface area contributed by atoms with E-state index in [9.17, 15) is 0 Å². The van der Waals surface area contributed by atoms with E-state index in [-0.39, 0.29) is 0 Å². The lowest BCUT2D eigenvalue weighted by Crippen LogP contribution is -2.39. The zero-order chi connectivity index (χ0) is 11.2. The molecule has 1 heterocycles. The summed E-state index contributed by atoms with van der Waals surface area (Å²) >= 11 is 1.76. The molecule has 0 saturated heterocycles. The van der Waals surface area contributed by atoms with Crippen LogP contribution in [0.4, 0.5) is 0 Å². The maximum atomic E-state index is 4.32. The third kappa shape index (κ3) is 3.29. The van der Waals surface area contributed by atoms with Gasteiger partial charge in [-0.1, -0.05) is 26.2 Å². The molecular formula is C13H22N2S. The molecule has 0 aromatic carbocycles. The first-order chi connectivity index (χ1) is 7.90. The largest absolute Gasteiger partial charge is 0.313 e. The first-order valence-electron chi connectivity index (χ1n) is 6.52. The smallest absolute Gasteiger partial charge is 0.0937 e. The van der Waals surface area contributed by atoms with E-state index < -0.39 is 0 Å². The van der Waals surface area contributed by atoms with Crippen molar-refractivity contribution in [2.75, 3.05) is 6.54 Å². The van der Waals surface area contributed by atoms with Crippen molar-refractivity contribution >= 4 is 11.3 Å². The number of nitrogens with one attached hydrogen (secondary N) is 1. The van der Waals surface area contributed by atoms with Gasteiger partial charge in [0, 0.05) is 30.6 Å². The summed E-state index contributed by atoms with van der Waals surface area (Å²) in [6.07, 6.45) is 9.95. The maximum absolute atomic E-state index is 4.32. The molecule has 3 heteroatoms. The quantitative estimate of drug-likeness (QED) is 0.852. The topological polar surface area (TPSA) is 24.9 Å². The van der Waals surface area contributed by atoms with Crippen molar-refractivity contribution in [3.8, 4) is 0 Å². The van der Waals surface area contributed by atoms with Crippen molar-refractivity contribution in [2.24, 2.45) is 5.92 Å². The van der Waals surface area contributed by atoms with Gasteiger partial charge in [-0.2, -0.15) is 0 Å².